The second kappa shape index (κ2) is 9.69. The maximum atomic E-state index is 12.9. The first-order chi connectivity index (χ1) is 15.6. The van der Waals surface area contributed by atoms with Crippen molar-refractivity contribution in [3.63, 3.8) is 0 Å². The summed E-state index contributed by atoms with van der Waals surface area (Å²) in [7, 11) is 3.25. The first-order valence-corrected chi connectivity index (χ1v) is 10.5. The summed E-state index contributed by atoms with van der Waals surface area (Å²) in [5.74, 6) is 1.48. The lowest BCUT2D eigenvalue weighted by atomic mass is 10.1. The molecule has 9 nitrogen and oxygen atoms in total. The second-order valence-corrected chi connectivity index (χ2v) is 7.56. The molecule has 1 unspecified atom stereocenters. The Morgan fingerprint density at radius 3 is 2.44 bits per heavy atom. The molecule has 32 heavy (non-hydrogen) atoms. The summed E-state index contributed by atoms with van der Waals surface area (Å²) in [4.78, 5) is 21.0. The smallest absolute Gasteiger partial charge is 0.293 e. The van der Waals surface area contributed by atoms with E-state index in [0.717, 1.165) is 35.8 Å². The average Bonchev–Trinajstić information content (AvgIpc) is 3.32. The lowest BCUT2D eigenvalue weighted by Gasteiger charge is -2.35. The number of carbonyl (C=O) groups excluding carboxylic acids is 1. The van der Waals surface area contributed by atoms with E-state index in [1.54, 1.807) is 43.4 Å². The third kappa shape index (κ3) is 4.83. The molecule has 1 N–H and O–H groups in total. The standard InChI is InChI=1S/C23H27N5O4/c1-31-19-8-6-17(7-9-19)21(29)15-28-16-24-22(25-28)23(30)27-12-10-26(11-13-27)18-4-3-5-20(14-18)32-2/h3-9,14,16,21,29H,10-13,15H2,1-2H3. The highest BCUT2D eigenvalue weighted by molar-refractivity contribution is 5.90. The van der Waals surface area contributed by atoms with Gasteiger partial charge < -0.3 is 24.4 Å². The van der Waals surface area contributed by atoms with Gasteiger partial charge in [-0.05, 0) is 29.8 Å². The number of benzene rings is 2. The van der Waals surface area contributed by atoms with Gasteiger partial charge in [0, 0.05) is 37.9 Å². The zero-order valence-corrected chi connectivity index (χ0v) is 18.2. The summed E-state index contributed by atoms with van der Waals surface area (Å²) in [5.41, 5.74) is 1.81. The van der Waals surface area contributed by atoms with E-state index in [-0.39, 0.29) is 18.3 Å². The number of rotatable bonds is 7. The van der Waals surface area contributed by atoms with E-state index in [2.05, 4.69) is 15.0 Å². The van der Waals surface area contributed by atoms with E-state index in [4.69, 9.17) is 9.47 Å². The quantitative estimate of drug-likeness (QED) is 0.604. The van der Waals surface area contributed by atoms with Gasteiger partial charge in [0.2, 0.25) is 5.82 Å². The van der Waals surface area contributed by atoms with E-state index < -0.39 is 6.10 Å². The molecule has 1 aromatic heterocycles. The fourth-order valence-corrected chi connectivity index (χ4v) is 3.71. The molecule has 2 aromatic carbocycles. The molecule has 168 valence electrons. The van der Waals surface area contributed by atoms with E-state index in [1.807, 2.05) is 24.3 Å². The molecule has 1 saturated heterocycles. The van der Waals surface area contributed by atoms with Gasteiger partial charge in [-0.15, -0.1) is 5.10 Å². The van der Waals surface area contributed by atoms with Crippen LogP contribution in [0.25, 0.3) is 0 Å². The molecule has 1 atom stereocenters. The number of hydrogen-bond acceptors (Lipinski definition) is 7. The van der Waals surface area contributed by atoms with Crippen molar-refractivity contribution in [2.24, 2.45) is 0 Å². The van der Waals surface area contributed by atoms with Crippen molar-refractivity contribution >= 4 is 11.6 Å². The fraction of sp³-hybridized carbons (Fsp3) is 0.348. The van der Waals surface area contributed by atoms with Crippen LogP contribution < -0.4 is 14.4 Å². The zero-order chi connectivity index (χ0) is 22.5. The first kappa shape index (κ1) is 21.6. The van der Waals surface area contributed by atoms with Crippen molar-refractivity contribution in [3.05, 3.63) is 66.2 Å². The van der Waals surface area contributed by atoms with Crippen LogP contribution in [-0.2, 0) is 6.54 Å². The molecule has 1 aliphatic heterocycles. The van der Waals surface area contributed by atoms with Crippen LogP contribution in [0.15, 0.2) is 54.9 Å². The Bertz CT molecular complexity index is 1040. The third-order valence-electron chi connectivity index (χ3n) is 5.57. The van der Waals surface area contributed by atoms with Crippen LogP contribution in [0.3, 0.4) is 0 Å². The molecule has 3 aromatic rings. The number of amides is 1. The summed E-state index contributed by atoms with van der Waals surface area (Å²) >= 11 is 0. The predicted molar refractivity (Wildman–Crippen MR) is 119 cm³/mol. The SMILES string of the molecule is COc1ccc(C(O)Cn2cnc(C(=O)N3CCN(c4cccc(OC)c4)CC3)n2)cc1. The largest absolute Gasteiger partial charge is 0.497 e. The number of piperazine rings is 1. The molecule has 1 fully saturated rings. The number of ether oxygens (including phenoxy) is 2. The summed E-state index contributed by atoms with van der Waals surface area (Å²) < 4.78 is 11.9. The number of aliphatic hydroxyl groups is 1. The van der Waals surface area contributed by atoms with Gasteiger partial charge in [-0.2, -0.15) is 0 Å². The Hall–Kier alpha value is -3.59. The Morgan fingerprint density at radius 1 is 1.03 bits per heavy atom. The summed E-state index contributed by atoms with van der Waals surface area (Å²) in [6.45, 7) is 2.81. The topological polar surface area (TPSA) is 92.9 Å². The van der Waals surface area contributed by atoms with Crippen molar-refractivity contribution in [1.82, 2.24) is 19.7 Å². The molecule has 0 saturated carbocycles. The minimum absolute atomic E-state index is 0.141. The van der Waals surface area contributed by atoms with Gasteiger partial charge in [0.1, 0.15) is 17.8 Å². The molecule has 1 aliphatic rings. The molecule has 4 rings (SSSR count). The number of methoxy groups -OCH3 is 2. The van der Waals surface area contributed by atoms with E-state index in [1.165, 1.54) is 11.0 Å². The van der Waals surface area contributed by atoms with Gasteiger partial charge in [-0.3, -0.25) is 4.79 Å². The average molecular weight is 438 g/mol. The van der Waals surface area contributed by atoms with Crippen molar-refractivity contribution < 1.29 is 19.4 Å². The van der Waals surface area contributed by atoms with Crippen molar-refractivity contribution in [1.29, 1.82) is 0 Å². The van der Waals surface area contributed by atoms with E-state index >= 15 is 0 Å². The number of anilines is 1. The Labute approximate surface area is 186 Å². The van der Waals surface area contributed by atoms with Crippen LogP contribution in [0.4, 0.5) is 5.69 Å². The Morgan fingerprint density at radius 2 is 1.75 bits per heavy atom. The zero-order valence-electron chi connectivity index (χ0n) is 18.2. The Kier molecular flexibility index (Phi) is 6.55. The minimum Gasteiger partial charge on any atom is -0.497 e. The summed E-state index contributed by atoms with van der Waals surface area (Å²) in [6.07, 6.45) is 0.712. The first-order valence-electron chi connectivity index (χ1n) is 10.5. The molecule has 0 aliphatic carbocycles. The lowest BCUT2D eigenvalue weighted by Crippen LogP contribution is -2.49. The number of hydrogen-bond donors (Lipinski definition) is 1. The highest BCUT2D eigenvalue weighted by Crippen LogP contribution is 2.22. The molecular formula is C23H27N5O4. The van der Waals surface area contributed by atoms with Gasteiger partial charge in [0.25, 0.3) is 5.91 Å². The molecule has 0 spiro atoms. The third-order valence-corrected chi connectivity index (χ3v) is 5.57. The van der Waals surface area contributed by atoms with Crippen LogP contribution in [-0.4, -0.2) is 71.1 Å². The van der Waals surface area contributed by atoms with Crippen molar-refractivity contribution in [3.8, 4) is 11.5 Å². The molecule has 0 bridgehead atoms. The number of carbonyl (C=O) groups is 1. The van der Waals surface area contributed by atoms with Crippen LogP contribution in [0.2, 0.25) is 0 Å². The number of nitrogens with zero attached hydrogens (tertiary/aromatic N) is 5. The number of aromatic nitrogens is 3. The predicted octanol–water partition coefficient (Wildman–Crippen LogP) is 1.99. The summed E-state index contributed by atoms with van der Waals surface area (Å²) in [5, 5.41) is 14.8. The normalized spacial score (nSPS) is 14.8. The Balaban J connectivity index is 1.33. The van der Waals surface area contributed by atoms with Crippen LogP contribution in [0.5, 0.6) is 11.5 Å². The highest BCUT2D eigenvalue weighted by Gasteiger charge is 2.25. The second-order valence-electron chi connectivity index (χ2n) is 7.56. The molecule has 1 amide bonds. The van der Waals surface area contributed by atoms with Gasteiger partial charge in [0.15, 0.2) is 0 Å². The fourth-order valence-electron chi connectivity index (χ4n) is 3.71. The maximum Gasteiger partial charge on any atom is 0.293 e. The highest BCUT2D eigenvalue weighted by atomic mass is 16.5. The van der Waals surface area contributed by atoms with Gasteiger partial charge in [-0.1, -0.05) is 18.2 Å². The maximum absolute atomic E-state index is 12.9. The van der Waals surface area contributed by atoms with Gasteiger partial charge in [-0.25, -0.2) is 9.67 Å². The van der Waals surface area contributed by atoms with Crippen molar-refractivity contribution in [2.75, 3.05) is 45.3 Å². The van der Waals surface area contributed by atoms with E-state index in [9.17, 15) is 9.90 Å². The van der Waals surface area contributed by atoms with Crippen LogP contribution in [0, 0.1) is 0 Å². The molecule has 9 heteroatoms. The number of aliphatic hydroxyl groups excluding tert-OH is 1. The van der Waals surface area contributed by atoms with Crippen molar-refractivity contribution in [2.45, 2.75) is 12.6 Å². The molecular weight excluding hydrogens is 410 g/mol. The van der Waals surface area contributed by atoms with E-state index in [0.29, 0.717) is 13.1 Å². The monoisotopic (exact) mass is 437 g/mol. The van der Waals surface area contributed by atoms with Gasteiger partial charge in [0.05, 0.1) is 26.9 Å². The molecule has 0 radical (unpaired) electrons. The molecule has 2 heterocycles. The lowest BCUT2D eigenvalue weighted by molar-refractivity contribution is 0.0733. The van der Waals surface area contributed by atoms with Crippen LogP contribution in [0.1, 0.15) is 22.3 Å². The minimum atomic E-state index is -0.767. The summed E-state index contributed by atoms with van der Waals surface area (Å²) in [6, 6.07) is 15.1. The van der Waals surface area contributed by atoms with Crippen LogP contribution >= 0.6 is 0 Å². The van der Waals surface area contributed by atoms with Gasteiger partial charge >= 0.3 is 0 Å².